The zero-order chi connectivity index (χ0) is 21.4. The van der Waals surface area contributed by atoms with Crippen LogP contribution in [0, 0.1) is 0 Å². The van der Waals surface area contributed by atoms with Crippen LogP contribution in [0.1, 0.15) is 35.9 Å². The summed E-state index contributed by atoms with van der Waals surface area (Å²) in [6, 6.07) is 10.6. The third kappa shape index (κ3) is 3.84. The number of nitrogens with zero attached hydrogens (tertiary/aromatic N) is 5. The maximum atomic E-state index is 11.9. The molecule has 1 aliphatic rings. The molecule has 4 aromatic rings. The molecule has 8 heteroatoms. The quantitative estimate of drug-likeness (QED) is 0.484. The van der Waals surface area contributed by atoms with Crippen molar-refractivity contribution in [2.24, 2.45) is 0 Å². The summed E-state index contributed by atoms with van der Waals surface area (Å²) in [5.74, 6) is -0.0596. The number of fused-ring (bicyclic) bond motifs is 2. The number of hydrogen-bond donors (Lipinski definition) is 1. The molecule has 0 radical (unpaired) electrons. The van der Waals surface area contributed by atoms with Crippen LogP contribution in [0.15, 0.2) is 36.5 Å². The standard InChI is InChI=1S/C23H26N6O2/c1-15(30)23-19-13-16(3-5-20(19)25-26-23)21-14-24-22-6-4-17(27-29(21)22)7-10-28(2)18-8-11-31-12-9-18/h3-6,13-14,18H,7-12H2,1-2H3,(H,25,26). The van der Waals surface area contributed by atoms with Crippen molar-refractivity contribution in [1.82, 2.24) is 29.7 Å². The van der Waals surface area contributed by atoms with Crippen molar-refractivity contribution in [3.63, 3.8) is 0 Å². The predicted octanol–water partition coefficient (Wildman–Crippen LogP) is 3.13. The Morgan fingerprint density at radius 2 is 2.10 bits per heavy atom. The summed E-state index contributed by atoms with van der Waals surface area (Å²) in [6.07, 6.45) is 4.88. The largest absolute Gasteiger partial charge is 0.381 e. The Hall–Kier alpha value is -3.10. The second-order valence-electron chi connectivity index (χ2n) is 8.20. The summed E-state index contributed by atoms with van der Waals surface area (Å²) < 4.78 is 7.36. The monoisotopic (exact) mass is 418 g/mol. The number of ether oxygens (including phenoxy) is 1. The maximum Gasteiger partial charge on any atom is 0.180 e. The topological polar surface area (TPSA) is 88.4 Å². The fourth-order valence-electron chi connectivity index (χ4n) is 4.28. The summed E-state index contributed by atoms with van der Waals surface area (Å²) in [5.41, 5.74) is 4.97. The molecule has 0 amide bonds. The molecule has 4 heterocycles. The van der Waals surface area contributed by atoms with E-state index in [1.807, 2.05) is 35.0 Å². The SMILES string of the molecule is CC(=O)c1n[nH]c2ccc(-c3cnc4ccc(CCN(C)C5CCOCC5)nn34)cc12. The zero-order valence-corrected chi connectivity index (χ0v) is 17.8. The number of imidazole rings is 1. The van der Waals surface area contributed by atoms with Crippen LogP contribution < -0.4 is 0 Å². The van der Waals surface area contributed by atoms with Crippen LogP contribution in [0.5, 0.6) is 0 Å². The number of rotatable bonds is 6. The molecule has 0 bridgehead atoms. The number of likely N-dealkylation sites (N-methyl/N-ethyl adjacent to an activating group) is 1. The lowest BCUT2D eigenvalue weighted by atomic mass is 10.1. The second kappa shape index (κ2) is 8.20. The molecular weight excluding hydrogens is 392 g/mol. The molecule has 0 atom stereocenters. The first-order chi connectivity index (χ1) is 15.1. The van der Waals surface area contributed by atoms with Crippen LogP contribution in [0.3, 0.4) is 0 Å². The fraction of sp³-hybridized carbons (Fsp3) is 0.391. The highest BCUT2D eigenvalue weighted by Gasteiger charge is 2.18. The van der Waals surface area contributed by atoms with Gasteiger partial charge in [-0.1, -0.05) is 6.07 Å². The van der Waals surface area contributed by atoms with E-state index >= 15 is 0 Å². The van der Waals surface area contributed by atoms with Crippen molar-refractivity contribution < 1.29 is 9.53 Å². The van der Waals surface area contributed by atoms with Gasteiger partial charge in [0, 0.05) is 50.1 Å². The molecule has 1 fully saturated rings. The van der Waals surface area contributed by atoms with E-state index in [0.29, 0.717) is 11.7 Å². The molecule has 1 aromatic carbocycles. The maximum absolute atomic E-state index is 11.9. The van der Waals surface area contributed by atoms with Crippen molar-refractivity contribution in [3.8, 4) is 11.3 Å². The Morgan fingerprint density at radius 3 is 2.90 bits per heavy atom. The van der Waals surface area contributed by atoms with Crippen LogP contribution in [0.4, 0.5) is 0 Å². The van der Waals surface area contributed by atoms with Crippen LogP contribution in [-0.4, -0.2) is 68.3 Å². The number of aromatic amines is 1. The molecule has 1 N–H and O–H groups in total. The van der Waals surface area contributed by atoms with Gasteiger partial charge in [-0.3, -0.25) is 9.89 Å². The van der Waals surface area contributed by atoms with E-state index < -0.39 is 0 Å². The number of hydrogen-bond acceptors (Lipinski definition) is 6. The third-order valence-electron chi connectivity index (χ3n) is 6.14. The lowest BCUT2D eigenvalue weighted by Gasteiger charge is -2.31. The number of benzene rings is 1. The molecular formula is C23H26N6O2. The van der Waals surface area contributed by atoms with Crippen molar-refractivity contribution in [2.75, 3.05) is 26.8 Å². The first kappa shape index (κ1) is 19.8. The van der Waals surface area contributed by atoms with Crippen molar-refractivity contribution in [3.05, 3.63) is 47.9 Å². The van der Waals surface area contributed by atoms with Gasteiger partial charge >= 0.3 is 0 Å². The van der Waals surface area contributed by atoms with Gasteiger partial charge in [0.2, 0.25) is 0 Å². The first-order valence-corrected chi connectivity index (χ1v) is 10.7. The molecule has 0 unspecified atom stereocenters. The number of ketones is 1. The molecule has 160 valence electrons. The van der Waals surface area contributed by atoms with Crippen LogP contribution in [0.2, 0.25) is 0 Å². The summed E-state index contributed by atoms with van der Waals surface area (Å²) in [6.45, 7) is 4.19. The van der Waals surface area contributed by atoms with Crippen molar-refractivity contribution in [2.45, 2.75) is 32.2 Å². The van der Waals surface area contributed by atoms with E-state index in [2.05, 4.69) is 33.2 Å². The van der Waals surface area contributed by atoms with Gasteiger partial charge in [-0.15, -0.1) is 0 Å². The van der Waals surface area contributed by atoms with Gasteiger partial charge in [-0.05, 0) is 44.2 Å². The number of aromatic nitrogens is 5. The Morgan fingerprint density at radius 1 is 1.26 bits per heavy atom. The van der Waals surface area contributed by atoms with Gasteiger partial charge in [-0.2, -0.15) is 10.2 Å². The smallest absolute Gasteiger partial charge is 0.180 e. The number of carbonyl (C=O) groups excluding carboxylic acids is 1. The Kier molecular flexibility index (Phi) is 5.25. The van der Waals surface area contributed by atoms with E-state index in [0.717, 1.165) is 72.5 Å². The van der Waals surface area contributed by atoms with E-state index in [1.54, 1.807) is 0 Å². The number of nitrogens with one attached hydrogen (secondary N) is 1. The summed E-state index contributed by atoms with van der Waals surface area (Å²) in [4.78, 5) is 18.8. The lowest BCUT2D eigenvalue weighted by Crippen LogP contribution is -2.37. The Labute approximate surface area is 180 Å². The van der Waals surface area contributed by atoms with E-state index in [1.165, 1.54) is 6.92 Å². The van der Waals surface area contributed by atoms with Crippen LogP contribution >= 0.6 is 0 Å². The van der Waals surface area contributed by atoms with E-state index in [9.17, 15) is 4.79 Å². The van der Waals surface area contributed by atoms with Gasteiger partial charge in [-0.25, -0.2) is 9.50 Å². The minimum atomic E-state index is -0.0596. The highest BCUT2D eigenvalue weighted by Crippen LogP contribution is 2.26. The van der Waals surface area contributed by atoms with Gasteiger partial charge in [0.05, 0.1) is 23.1 Å². The average Bonchev–Trinajstić information content (AvgIpc) is 3.41. The van der Waals surface area contributed by atoms with Gasteiger partial charge in [0.15, 0.2) is 11.4 Å². The molecule has 8 nitrogen and oxygen atoms in total. The lowest BCUT2D eigenvalue weighted by molar-refractivity contribution is 0.0433. The average molecular weight is 419 g/mol. The van der Waals surface area contributed by atoms with Crippen LogP contribution in [-0.2, 0) is 11.2 Å². The van der Waals surface area contributed by atoms with Crippen molar-refractivity contribution >= 4 is 22.3 Å². The van der Waals surface area contributed by atoms with E-state index in [-0.39, 0.29) is 5.78 Å². The van der Waals surface area contributed by atoms with Crippen LogP contribution in [0.25, 0.3) is 27.8 Å². The minimum Gasteiger partial charge on any atom is -0.381 e. The van der Waals surface area contributed by atoms with E-state index in [4.69, 9.17) is 9.84 Å². The molecule has 3 aromatic heterocycles. The second-order valence-corrected chi connectivity index (χ2v) is 8.20. The molecule has 0 saturated carbocycles. The number of Topliss-reactive ketones (excluding diaryl/α,β-unsaturated/α-hetero) is 1. The number of H-pyrrole nitrogens is 1. The predicted molar refractivity (Wildman–Crippen MR) is 118 cm³/mol. The number of carbonyl (C=O) groups is 1. The molecule has 5 rings (SSSR count). The highest BCUT2D eigenvalue weighted by molar-refractivity contribution is 6.05. The van der Waals surface area contributed by atoms with Gasteiger partial charge in [0.1, 0.15) is 5.69 Å². The Balaban J connectivity index is 1.42. The van der Waals surface area contributed by atoms with Gasteiger partial charge in [0.25, 0.3) is 0 Å². The summed E-state index contributed by atoms with van der Waals surface area (Å²) >= 11 is 0. The molecule has 0 aliphatic carbocycles. The molecule has 0 spiro atoms. The highest BCUT2D eigenvalue weighted by atomic mass is 16.5. The summed E-state index contributed by atoms with van der Waals surface area (Å²) in [7, 11) is 2.18. The van der Waals surface area contributed by atoms with Gasteiger partial charge < -0.3 is 9.64 Å². The first-order valence-electron chi connectivity index (χ1n) is 10.7. The summed E-state index contributed by atoms with van der Waals surface area (Å²) in [5, 5.41) is 12.7. The fourth-order valence-corrected chi connectivity index (χ4v) is 4.28. The molecule has 1 aliphatic heterocycles. The zero-order valence-electron chi connectivity index (χ0n) is 17.8. The molecule has 31 heavy (non-hydrogen) atoms. The normalized spacial score (nSPS) is 15.3. The van der Waals surface area contributed by atoms with Crippen molar-refractivity contribution in [1.29, 1.82) is 0 Å². The third-order valence-corrected chi connectivity index (χ3v) is 6.14. The Bertz CT molecular complexity index is 1240. The molecule has 1 saturated heterocycles. The minimum absolute atomic E-state index is 0.0596.